The van der Waals surface area contributed by atoms with Crippen molar-refractivity contribution in [3.63, 3.8) is 0 Å². The summed E-state index contributed by atoms with van der Waals surface area (Å²) >= 11 is 0. The zero-order valence-electron chi connectivity index (χ0n) is 23.1. The highest BCUT2D eigenvalue weighted by atomic mass is 19.1. The maximum absolute atomic E-state index is 13.7. The van der Waals surface area contributed by atoms with Crippen molar-refractivity contribution in [3.8, 4) is 5.75 Å². The van der Waals surface area contributed by atoms with Crippen LogP contribution in [-0.4, -0.2) is 97.7 Å². The maximum atomic E-state index is 13.7. The van der Waals surface area contributed by atoms with Crippen molar-refractivity contribution in [2.24, 2.45) is 0 Å². The summed E-state index contributed by atoms with van der Waals surface area (Å²) in [4.78, 5) is 10.3. The molecule has 1 atom stereocenters. The van der Waals surface area contributed by atoms with E-state index < -0.39 is 0 Å². The second-order valence-corrected chi connectivity index (χ2v) is 11.1. The van der Waals surface area contributed by atoms with Crippen LogP contribution in [0.2, 0.25) is 0 Å². The lowest BCUT2D eigenvalue weighted by atomic mass is 10.0. The average Bonchev–Trinajstić information content (AvgIpc) is 2.95. The van der Waals surface area contributed by atoms with Crippen LogP contribution in [0.25, 0.3) is 10.8 Å². The Kier molecular flexibility index (Phi) is 9.28. The van der Waals surface area contributed by atoms with Gasteiger partial charge in [-0.25, -0.2) is 4.39 Å². The second kappa shape index (κ2) is 13.0. The summed E-state index contributed by atoms with van der Waals surface area (Å²) in [6, 6.07) is 22.8. The van der Waals surface area contributed by atoms with Crippen LogP contribution in [-0.2, 0) is 0 Å². The third-order valence-electron chi connectivity index (χ3n) is 8.28. The topological polar surface area (TPSA) is 22.2 Å². The Balaban J connectivity index is 1.08. The number of nitrogens with zero attached hydrogens (tertiary/aromatic N) is 4. The molecule has 2 saturated heterocycles. The monoisotopic (exact) mass is 518 g/mol. The summed E-state index contributed by atoms with van der Waals surface area (Å²) in [6.07, 6.45) is 1.03. The summed E-state index contributed by atoms with van der Waals surface area (Å²) in [5.74, 6) is 0.796. The zero-order valence-corrected chi connectivity index (χ0v) is 23.1. The normalized spacial score (nSPS) is 19.3. The highest BCUT2D eigenvalue weighted by Crippen LogP contribution is 2.25. The molecule has 2 heterocycles. The Morgan fingerprint density at radius 3 is 2.11 bits per heavy atom. The largest absolute Gasteiger partial charge is 0.494 e. The molecule has 1 unspecified atom stereocenters. The third-order valence-corrected chi connectivity index (χ3v) is 8.28. The van der Waals surface area contributed by atoms with Gasteiger partial charge in [-0.15, -0.1) is 0 Å². The van der Waals surface area contributed by atoms with Crippen LogP contribution >= 0.6 is 0 Å². The van der Waals surface area contributed by atoms with Crippen LogP contribution in [0.15, 0.2) is 66.7 Å². The number of halogens is 1. The number of hydrogen-bond donors (Lipinski definition) is 0. The minimum absolute atomic E-state index is 0.157. The molecule has 0 saturated carbocycles. The highest BCUT2D eigenvalue weighted by Gasteiger charge is 2.28. The summed E-state index contributed by atoms with van der Waals surface area (Å²) in [6.45, 7) is 16.1. The fourth-order valence-electron chi connectivity index (χ4n) is 5.86. The number of rotatable bonds is 10. The Morgan fingerprint density at radius 2 is 1.39 bits per heavy atom. The number of piperazine rings is 2. The van der Waals surface area contributed by atoms with Gasteiger partial charge in [0.25, 0.3) is 0 Å². The molecule has 3 aromatic rings. The van der Waals surface area contributed by atoms with Crippen LogP contribution in [0.1, 0.15) is 31.9 Å². The fourth-order valence-corrected chi connectivity index (χ4v) is 5.86. The van der Waals surface area contributed by atoms with Crippen molar-refractivity contribution in [3.05, 3.63) is 78.1 Å². The van der Waals surface area contributed by atoms with Crippen molar-refractivity contribution < 1.29 is 9.13 Å². The van der Waals surface area contributed by atoms with Gasteiger partial charge in [-0.05, 0) is 60.9 Å². The van der Waals surface area contributed by atoms with E-state index in [0.29, 0.717) is 12.1 Å². The van der Waals surface area contributed by atoms with Gasteiger partial charge in [-0.3, -0.25) is 14.7 Å². The van der Waals surface area contributed by atoms with Crippen molar-refractivity contribution in [2.45, 2.75) is 32.4 Å². The molecule has 0 aliphatic carbocycles. The van der Waals surface area contributed by atoms with E-state index in [1.807, 2.05) is 12.1 Å². The molecule has 0 radical (unpaired) electrons. The molecule has 0 aromatic heterocycles. The Hall–Kier alpha value is -2.51. The van der Waals surface area contributed by atoms with Crippen molar-refractivity contribution >= 4 is 10.8 Å². The lowest BCUT2D eigenvalue weighted by Crippen LogP contribution is -2.53. The standard InChI is InChI=1S/C32H43FN4O/c1-26(2)36-19-21-37(22-20-36)32(28-8-11-30(33)12-9-28)25-35-17-15-34(16-18-35)14-5-23-38-31-13-10-27-6-3-4-7-29(27)24-31/h3-4,6-13,24,26,32H,5,14-23,25H2,1-2H3. The highest BCUT2D eigenvalue weighted by molar-refractivity contribution is 5.83. The van der Waals surface area contributed by atoms with E-state index in [4.69, 9.17) is 4.74 Å². The summed E-state index contributed by atoms with van der Waals surface area (Å²) in [7, 11) is 0. The van der Waals surface area contributed by atoms with E-state index in [0.717, 1.165) is 84.2 Å². The first-order chi connectivity index (χ1) is 18.5. The third kappa shape index (κ3) is 7.11. The molecule has 38 heavy (non-hydrogen) atoms. The SMILES string of the molecule is CC(C)N1CCN(C(CN2CCN(CCCOc3ccc4ccccc4c3)CC2)c2ccc(F)cc2)CC1. The van der Waals surface area contributed by atoms with Crippen molar-refractivity contribution in [1.29, 1.82) is 0 Å². The van der Waals surface area contributed by atoms with Gasteiger partial charge in [0.05, 0.1) is 6.61 Å². The van der Waals surface area contributed by atoms with Gasteiger partial charge in [-0.2, -0.15) is 0 Å². The summed E-state index contributed by atoms with van der Waals surface area (Å²) in [5.41, 5.74) is 1.23. The average molecular weight is 519 g/mol. The molecular formula is C32H43FN4O. The molecular weight excluding hydrogens is 475 g/mol. The first-order valence-corrected chi connectivity index (χ1v) is 14.3. The van der Waals surface area contributed by atoms with Gasteiger partial charge in [-0.1, -0.05) is 42.5 Å². The Morgan fingerprint density at radius 1 is 0.737 bits per heavy atom. The Labute approximate surface area is 227 Å². The molecule has 5 rings (SSSR count). The van der Waals surface area contributed by atoms with Gasteiger partial charge in [0.2, 0.25) is 0 Å². The van der Waals surface area contributed by atoms with Gasteiger partial charge in [0, 0.05) is 77.5 Å². The lowest BCUT2D eigenvalue weighted by Gasteiger charge is -2.43. The number of ether oxygens (including phenoxy) is 1. The summed E-state index contributed by atoms with van der Waals surface area (Å²) in [5, 5.41) is 2.47. The van der Waals surface area contributed by atoms with E-state index in [9.17, 15) is 4.39 Å². The first kappa shape index (κ1) is 27.1. The predicted molar refractivity (Wildman–Crippen MR) is 154 cm³/mol. The molecule has 2 aliphatic heterocycles. The van der Waals surface area contributed by atoms with Crippen molar-refractivity contribution in [2.75, 3.05) is 72.1 Å². The quantitative estimate of drug-likeness (QED) is 0.346. The molecule has 204 valence electrons. The fraction of sp³-hybridized carbons (Fsp3) is 0.500. The van der Waals surface area contributed by atoms with E-state index in [-0.39, 0.29) is 5.82 Å². The minimum Gasteiger partial charge on any atom is -0.494 e. The first-order valence-electron chi connectivity index (χ1n) is 14.3. The molecule has 2 fully saturated rings. The second-order valence-electron chi connectivity index (χ2n) is 11.1. The molecule has 0 amide bonds. The zero-order chi connectivity index (χ0) is 26.3. The molecule has 0 spiro atoms. The van der Waals surface area contributed by atoms with Gasteiger partial charge in [0.1, 0.15) is 11.6 Å². The van der Waals surface area contributed by atoms with Gasteiger partial charge in [0.15, 0.2) is 0 Å². The smallest absolute Gasteiger partial charge is 0.123 e. The summed E-state index contributed by atoms with van der Waals surface area (Å²) < 4.78 is 19.7. The molecule has 0 bridgehead atoms. The maximum Gasteiger partial charge on any atom is 0.123 e. The molecule has 6 heteroatoms. The lowest BCUT2D eigenvalue weighted by molar-refractivity contribution is 0.0476. The van der Waals surface area contributed by atoms with Crippen LogP contribution in [0.5, 0.6) is 5.75 Å². The van der Waals surface area contributed by atoms with E-state index >= 15 is 0 Å². The molecule has 0 N–H and O–H groups in total. The van der Waals surface area contributed by atoms with Gasteiger partial charge >= 0.3 is 0 Å². The van der Waals surface area contributed by atoms with Gasteiger partial charge < -0.3 is 9.64 Å². The van der Waals surface area contributed by atoms with Crippen LogP contribution in [0, 0.1) is 5.82 Å². The Bertz CT molecular complexity index is 1140. The van der Waals surface area contributed by atoms with Crippen LogP contribution < -0.4 is 4.74 Å². The number of hydrogen-bond acceptors (Lipinski definition) is 5. The molecule has 3 aromatic carbocycles. The minimum atomic E-state index is -0.157. The van der Waals surface area contributed by atoms with E-state index in [2.05, 4.69) is 75.9 Å². The molecule has 5 nitrogen and oxygen atoms in total. The number of fused-ring (bicyclic) bond motifs is 1. The van der Waals surface area contributed by atoms with Crippen molar-refractivity contribution in [1.82, 2.24) is 19.6 Å². The van der Waals surface area contributed by atoms with Crippen LogP contribution in [0.4, 0.5) is 4.39 Å². The molecule has 2 aliphatic rings. The van der Waals surface area contributed by atoms with E-state index in [1.54, 1.807) is 12.1 Å². The number of benzene rings is 3. The van der Waals surface area contributed by atoms with E-state index in [1.165, 1.54) is 16.3 Å². The predicted octanol–water partition coefficient (Wildman–Crippen LogP) is 5.13. The van der Waals surface area contributed by atoms with Crippen LogP contribution in [0.3, 0.4) is 0 Å².